The van der Waals surface area contributed by atoms with Gasteiger partial charge in [0.05, 0.1) is 12.6 Å². The van der Waals surface area contributed by atoms with Gasteiger partial charge in [0.2, 0.25) is 11.8 Å². The number of benzene rings is 1. The van der Waals surface area contributed by atoms with Gasteiger partial charge < -0.3 is 10.6 Å². The van der Waals surface area contributed by atoms with Gasteiger partial charge in [0, 0.05) is 12.1 Å². The van der Waals surface area contributed by atoms with Crippen LogP contribution in [0.1, 0.15) is 13.3 Å². The molecule has 0 bridgehead atoms. The first-order chi connectivity index (χ1) is 9.87. The van der Waals surface area contributed by atoms with E-state index in [0.29, 0.717) is 5.69 Å². The highest BCUT2D eigenvalue weighted by molar-refractivity contribution is 5.97. The number of anilines is 1. The third-order valence-corrected chi connectivity index (χ3v) is 3.22. The van der Waals surface area contributed by atoms with Crippen molar-refractivity contribution < 1.29 is 18.4 Å². The normalized spacial score (nSPS) is 21.6. The van der Waals surface area contributed by atoms with Crippen molar-refractivity contribution >= 4 is 17.5 Å². The molecule has 0 aromatic heterocycles. The highest BCUT2D eigenvalue weighted by Crippen LogP contribution is 2.25. The fourth-order valence-electron chi connectivity index (χ4n) is 2.05. The van der Waals surface area contributed by atoms with E-state index in [1.165, 1.54) is 6.92 Å². The van der Waals surface area contributed by atoms with Crippen LogP contribution in [0.2, 0.25) is 0 Å². The third kappa shape index (κ3) is 4.22. The molecule has 1 aliphatic rings. The van der Waals surface area contributed by atoms with Crippen molar-refractivity contribution in [1.29, 1.82) is 0 Å². The van der Waals surface area contributed by atoms with Gasteiger partial charge in [-0.05, 0) is 19.1 Å². The lowest BCUT2D eigenvalue weighted by Crippen LogP contribution is -2.48. The van der Waals surface area contributed by atoms with Gasteiger partial charge in [0.15, 0.2) is 0 Å². The van der Waals surface area contributed by atoms with E-state index in [0.717, 1.165) is 0 Å². The SMILES string of the molecule is CC(NC(=O)C1CC(F)(F)CN1)C(=O)Nc1ccccc1. The van der Waals surface area contributed by atoms with E-state index < -0.39 is 42.8 Å². The van der Waals surface area contributed by atoms with Crippen molar-refractivity contribution in [2.24, 2.45) is 0 Å². The number of amides is 2. The molecule has 2 amide bonds. The van der Waals surface area contributed by atoms with E-state index in [2.05, 4.69) is 16.0 Å². The molecule has 1 heterocycles. The van der Waals surface area contributed by atoms with E-state index in [1.54, 1.807) is 24.3 Å². The van der Waals surface area contributed by atoms with E-state index in [1.807, 2.05) is 6.07 Å². The molecule has 0 saturated carbocycles. The molecule has 0 aliphatic carbocycles. The van der Waals surface area contributed by atoms with Crippen molar-refractivity contribution in [1.82, 2.24) is 10.6 Å². The number of carbonyl (C=O) groups is 2. The number of halogens is 2. The minimum Gasteiger partial charge on any atom is -0.343 e. The summed E-state index contributed by atoms with van der Waals surface area (Å²) in [4.78, 5) is 23.7. The Bertz CT molecular complexity index is 522. The van der Waals surface area contributed by atoms with Crippen molar-refractivity contribution in [3.63, 3.8) is 0 Å². The maximum atomic E-state index is 13.0. The first-order valence-electron chi connectivity index (χ1n) is 6.65. The first kappa shape index (κ1) is 15.4. The summed E-state index contributed by atoms with van der Waals surface area (Å²) in [6, 6.07) is 7.00. The molecule has 2 unspecified atom stereocenters. The van der Waals surface area contributed by atoms with Crippen molar-refractivity contribution in [3.05, 3.63) is 30.3 Å². The van der Waals surface area contributed by atoms with Crippen molar-refractivity contribution in [3.8, 4) is 0 Å². The van der Waals surface area contributed by atoms with Crippen LogP contribution in [0.15, 0.2) is 30.3 Å². The molecule has 3 N–H and O–H groups in total. The molecule has 1 saturated heterocycles. The van der Waals surface area contributed by atoms with E-state index >= 15 is 0 Å². The Hall–Kier alpha value is -2.02. The molecule has 0 radical (unpaired) electrons. The Morgan fingerprint density at radius 3 is 2.57 bits per heavy atom. The van der Waals surface area contributed by atoms with Gasteiger partial charge in [-0.3, -0.25) is 14.9 Å². The fourth-order valence-corrected chi connectivity index (χ4v) is 2.05. The van der Waals surface area contributed by atoms with Crippen LogP contribution in [-0.2, 0) is 9.59 Å². The monoisotopic (exact) mass is 297 g/mol. The number of alkyl halides is 2. The fraction of sp³-hybridized carbons (Fsp3) is 0.429. The largest absolute Gasteiger partial charge is 0.343 e. The molecule has 5 nitrogen and oxygen atoms in total. The predicted octanol–water partition coefficient (Wildman–Crippen LogP) is 1.13. The minimum absolute atomic E-state index is 0.403. The maximum absolute atomic E-state index is 13.0. The zero-order chi connectivity index (χ0) is 15.5. The summed E-state index contributed by atoms with van der Waals surface area (Å²) in [7, 11) is 0. The van der Waals surface area contributed by atoms with Gasteiger partial charge in [0.1, 0.15) is 6.04 Å². The van der Waals surface area contributed by atoms with Gasteiger partial charge in [-0.25, -0.2) is 8.78 Å². The van der Waals surface area contributed by atoms with Crippen LogP contribution in [-0.4, -0.2) is 36.4 Å². The molecular weight excluding hydrogens is 280 g/mol. The zero-order valence-corrected chi connectivity index (χ0v) is 11.5. The average molecular weight is 297 g/mol. The molecule has 7 heteroatoms. The molecule has 1 aromatic rings. The predicted molar refractivity (Wildman–Crippen MR) is 74.0 cm³/mol. The van der Waals surface area contributed by atoms with Gasteiger partial charge >= 0.3 is 0 Å². The van der Waals surface area contributed by atoms with E-state index in [-0.39, 0.29) is 0 Å². The van der Waals surface area contributed by atoms with Crippen LogP contribution in [0.4, 0.5) is 14.5 Å². The molecule has 2 atom stereocenters. The second-order valence-electron chi connectivity index (χ2n) is 5.08. The highest BCUT2D eigenvalue weighted by atomic mass is 19.3. The summed E-state index contributed by atoms with van der Waals surface area (Å²) in [5.41, 5.74) is 0.606. The lowest BCUT2D eigenvalue weighted by Gasteiger charge is -2.17. The molecule has 1 aliphatic heterocycles. The second-order valence-corrected chi connectivity index (χ2v) is 5.08. The molecule has 1 fully saturated rings. The van der Waals surface area contributed by atoms with Crippen LogP contribution < -0.4 is 16.0 Å². The molecule has 2 rings (SSSR count). The number of hydrogen-bond donors (Lipinski definition) is 3. The molecular formula is C14H17F2N3O2. The summed E-state index contributed by atoms with van der Waals surface area (Å²) < 4.78 is 26.0. The van der Waals surface area contributed by atoms with E-state index in [9.17, 15) is 18.4 Å². The number of para-hydroxylation sites is 1. The highest BCUT2D eigenvalue weighted by Gasteiger charge is 2.42. The first-order valence-corrected chi connectivity index (χ1v) is 6.65. The average Bonchev–Trinajstić information content (AvgIpc) is 2.80. The number of hydrogen-bond acceptors (Lipinski definition) is 3. The Balaban J connectivity index is 1.85. The second kappa shape index (κ2) is 6.17. The van der Waals surface area contributed by atoms with Crippen LogP contribution in [0.3, 0.4) is 0 Å². The Labute approximate surface area is 121 Å². The van der Waals surface area contributed by atoms with Crippen molar-refractivity contribution in [2.75, 3.05) is 11.9 Å². The number of rotatable bonds is 4. The summed E-state index contributed by atoms with van der Waals surface area (Å²) in [6.07, 6.45) is -0.550. The molecule has 0 spiro atoms. The third-order valence-electron chi connectivity index (χ3n) is 3.22. The zero-order valence-electron chi connectivity index (χ0n) is 11.5. The summed E-state index contributed by atoms with van der Waals surface area (Å²) in [5, 5.41) is 7.51. The lowest BCUT2D eigenvalue weighted by molar-refractivity contribution is -0.127. The Kier molecular flexibility index (Phi) is 4.52. The quantitative estimate of drug-likeness (QED) is 0.780. The van der Waals surface area contributed by atoms with Crippen LogP contribution >= 0.6 is 0 Å². The van der Waals surface area contributed by atoms with Crippen LogP contribution in [0, 0.1) is 0 Å². The Morgan fingerprint density at radius 2 is 2.00 bits per heavy atom. The van der Waals surface area contributed by atoms with Gasteiger partial charge in [-0.1, -0.05) is 18.2 Å². The number of carbonyl (C=O) groups excluding carboxylic acids is 2. The van der Waals surface area contributed by atoms with Gasteiger partial charge in [-0.2, -0.15) is 0 Å². The van der Waals surface area contributed by atoms with E-state index in [4.69, 9.17) is 0 Å². The maximum Gasteiger partial charge on any atom is 0.262 e. The minimum atomic E-state index is -2.88. The summed E-state index contributed by atoms with van der Waals surface area (Å²) in [6.45, 7) is 0.985. The van der Waals surface area contributed by atoms with Gasteiger partial charge in [0.25, 0.3) is 5.92 Å². The van der Waals surface area contributed by atoms with Crippen molar-refractivity contribution in [2.45, 2.75) is 31.4 Å². The smallest absolute Gasteiger partial charge is 0.262 e. The summed E-state index contributed by atoms with van der Waals surface area (Å²) in [5.74, 6) is -3.88. The van der Waals surface area contributed by atoms with Crippen LogP contribution in [0.5, 0.6) is 0 Å². The van der Waals surface area contributed by atoms with Crippen LogP contribution in [0.25, 0.3) is 0 Å². The molecule has 1 aromatic carbocycles. The van der Waals surface area contributed by atoms with Gasteiger partial charge in [-0.15, -0.1) is 0 Å². The number of nitrogens with one attached hydrogen (secondary N) is 3. The molecule has 114 valence electrons. The topological polar surface area (TPSA) is 70.2 Å². The summed E-state index contributed by atoms with van der Waals surface area (Å²) >= 11 is 0. The Morgan fingerprint density at radius 1 is 1.33 bits per heavy atom. The lowest BCUT2D eigenvalue weighted by atomic mass is 10.1. The standard InChI is InChI=1S/C14H17F2N3O2/c1-9(12(20)19-10-5-3-2-4-6-10)18-13(21)11-7-14(15,16)8-17-11/h2-6,9,11,17H,7-8H2,1H3,(H,18,21)(H,19,20). The molecule has 21 heavy (non-hydrogen) atoms.